The van der Waals surface area contributed by atoms with E-state index in [1.807, 2.05) is 6.20 Å². The molecule has 2 atom stereocenters. The van der Waals surface area contributed by atoms with Crippen LogP contribution >= 0.6 is 11.5 Å². The predicted octanol–water partition coefficient (Wildman–Crippen LogP) is 3.40. The SMILES string of the molecule is CCCNC(c1snnc1C)C1CCCc2cccnc21. The number of nitrogens with zero attached hydrogens (tertiary/aromatic N) is 3. The first-order chi connectivity index (χ1) is 10.3. The zero-order chi connectivity index (χ0) is 14.7. The van der Waals surface area contributed by atoms with Crippen molar-refractivity contribution in [2.75, 3.05) is 6.54 Å². The Morgan fingerprint density at radius 1 is 1.48 bits per heavy atom. The van der Waals surface area contributed by atoms with Gasteiger partial charge in [0.1, 0.15) is 0 Å². The van der Waals surface area contributed by atoms with Crippen molar-refractivity contribution in [1.29, 1.82) is 0 Å². The molecule has 0 amide bonds. The van der Waals surface area contributed by atoms with Gasteiger partial charge in [-0.2, -0.15) is 0 Å². The molecular weight excluding hydrogens is 280 g/mol. The summed E-state index contributed by atoms with van der Waals surface area (Å²) in [5.41, 5.74) is 3.73. The highest BCUT2D eigenvalue weighted by Crippen LogP contribution is 2.40. The first-order valence-electron chi connectivity index (χ1n) is 7.77. The molecule has 2 unspecified atom stereocenters. The molecule has 0 bridgehead atoms. The molecule has 0 saturated carbocycles. The monoisotopic (exact) mass is 302 g/mol. The summed E-state index contributed by atoms with van der Waals surface area (Å²) in [4.78, 5) is 5.96. The maximum Gasteiger partial charge on any atom is 0.0773 e. The second-order valence-corrected chi connectivity index (χ2v) is 6.49. The molecule has 21 heavy (non-hydrogen) atoms. The zero-order valence-electron chi connectivity index (χ0n) is 12.7. The van der Waals surface area contributed by atoms with Gasteiger partial charge in [-0.25, -0.2) is 0 Å². The minimum absolute atomic E-state index is 0.291. The Labute approximate surface area is 130 Å². The molecule has 3 rings (SSSR count). The number of nitrogens with one attached hydrogen (secondary N) is 1. The molecular formula is C16H22N4S. The summed E-state index contributed by atoms with van der Waals surface area (Å²) < 4.78 is 4.13. The van der Waals surface area contributed by atoms with E-state index in [1.54, 1.807) is 0 Å². The van der Waals surface area contributed by atoms with Crippen LogP contribution in [0.25, 0.3) is 0 Å². The van der Waals surface area contributed by atoms with Gasteiger partial charge >= 0.3 is 0 Å². The summed E-state index contributed by atoms with van der Waals surface area (Å²) in [7, 11) is 0. The number of rotatable bonds is 5. The predicted molar refractivity (Wildman–Crippen MR) is 85.6 cm³/mol. The van der Waals surface area contributed by atoms with Crippen molar-refractivity contribution in [2.24, 2.45) is 0 Å². The summed E-state index contributed by atoms with van der Waals surface area (Å²) in [6.07, 6.45) is 6.62. The van der Waals surface area contributed by atoms with Crippen LogP contribution in [0.4, 0.5) is 0 Å². The Morgan fingerprint density at radius 2 is 2.38 bits per heavy atom. The molecule has 4 nitrogen and oxygen atoms in total. The van der Waals surface area contributed by atoms with Crippen LogP contribution in [-0.2, 0) is 6.42 Å². The van der Waals surface area contributed by atoms with Gasteiger partial charge in [-0.05, 0) is 62.3 Å². The van der Waals surface area contributed by atoms with Crippen molar-refractivity contribution >= 4 is 11.5 Å². The average molecular weight is 302 g/mol. The summed E-state index contributed by atoms with van der Waals surface area (Å²) in [5, 5.41) is 7.92. The van der Waals surface area contributed by atoms with Crippen LogP contribution in [0.15, 0.2) is 18.3 Å². The number of hydrogen-bond donors (Lipinski definition) is 1. The van der Waals surface area contributed by atoms with Gasteiger partial charge in [0.15, 0.2) is 0 Å². The Hall–Kier alpha value is -1.33. The number of pyridine rings is 1. The fraction of sp³-hybridized carbons (Fsp3) is 0.562. The van der Waals surface area contributed by atoms with Gasteiger partial charge in [0, 0.05) is 17.8 Å². The van der Waals surface area contributed by atoms with Gasteiger partial charge in [-0.1, -0.05) is 17.5 Å². The number of hydrogen-bond acceptors (Lipinski definition) is 5. The maximum atomic E-state index is 4.69. The van der Waals surface area contributed by atoms with Crippen LogP contribution in [0.2, 0.25) is 0 Å². The van der Waals surface area contributed by atoms with Gasteiger partial charge < -0.3 is 5.32 Å². The Morgan fingerprint density at radius 3 is 3.14 bits per heavy atom. The summed E-state index contributed by atoms with van der Waals surface area (Å²) in [6.45, 7) is 5.27. The number of aromatic nitrogens is 3. The fourth-order valence-electron chi connectivity index (χ4n) is 3.21. The third-order valence-electron chi connectivity index (χ3n) is 4.22. The lowest BCUT2D eigenvalue weighted by Crippen LogP contribution is -2.30. The fourth-order valence-corrected chi connectivity index (χ4v) is 4.00. The Kier molecular flexibility index (Phi) is 4.60. The summed E-state index contributed by atoms with van der Waals surface area (Å²) in [5.74, 6) is 0.433. The van der Waals surface area contributed by atoms with E-state index in [4.69, 9.17) is 4.98 Å². The smallest absolute Gasteiger partial charge is 0.0773 e. The van der Waals surface area contributed by atoms with Crippen LogP contribution in [0.5, 0.6) is 0 Å². The quantitative estimate of drug-likeness (QED) is 0.919. The molecule has 2 aromatic heterocycles. The molecule has 0 aliphatic heterocycles. The molecule has 112 valence electrons. The van der Waals surface area contributed by atoms with E-state index in [0.717, 1.165) is 25.1 Å². The summed E-state index contributed by atoms with van der Waals surface area (Å²) >= 11 is 1.53. The van der Waals surface area contributed by atoms with Crippen molar-refractivity contribution in [3.63, 3.8) is 0 Å². The van der Waals surface area contributed by atoms with E-state index in [-0.39, 0.29) is 0 Å². The van der Waals surface area contributed by atoms with E-state index in [9.17, 15) is 0 Å². The molecule has 5 heteroatoms. The van der Waals surface area contributed by atoms with Gasteiger partial charge in [0.05, 0.1) is 16.6 Å². The Balaban J connectivity index is 1.96. The first kappa shape index (κ1) is 14.6. The standard InChI is InChI=1S/C16H22N4S/c1-3-9-17-15(16-11(2)19-20-21-16)13-8-4-6-12-7-5-10-18-14(12)13/h5,7,10,13,15,17H,3-4,6,8-9H2,1-2H3. The molecule has 0 aromatic carbocycles. The third-order valence-corrected chi connectivity index (χ3v) is 5.13. The lowest BCUT2D eigenvalue weighted by molar-refractivity contribution is 0.397. The topological polar surface area (TPSA) is 50.7 Å². The second-order valence-electron chi connectivity index (χ2n) is 5.70. The molecule has 0 radical (unpaired) electrons. The highest BCUT2D eigenvalue weighted by atomic mass is 32.1. The largest absolute Gasteiger partial charge is 0.309 e. The molecule has 1 aliphatic carbocycles. The minimum Gasteiger partial charge on any atom is -0.309 e. The molecule has 2 aromatic rings. The minimum atomic E-state index is 0.291. The van der Waals surface area contributed by atoms with Crippen molar-refractivity contribution in [3.05, 3.63) is 40.2 Å². The summed E-state index contributed by atoms with van der Waals surface area (Å²) in [6, 6.07) is 4.57. The Bertz CT molecular complexity index is 595. The van der Waals surface area contributed by atoms with Crippen LogP contribution in [-0.4, -0.2) is 21.1 Å². The highest BCUT2D eigenvalue weighted by molar-refractivity contribution is 7.05. The van der Waals surface area contributed by atoms with Crippen molar-refractivity contribution < 1.29 is 0 Å². The van der Waals surface area contributed by atoms with Gasteiger partial charge in [0.25, 0.3) is 0 Å². The van der Waals surface area contributed by atoms with E-state index >= 15 is 0 Å². The third kappa shape index (κ3) is 2.99. The maximum absolute atomic E-state index is 4.69. The van der Waals surface area contributed by atoms with Gasteiger partial charge in [-0.3, -0.25) is 4.98 Å². The number of aryl methyl sites for hydroxylation is 2. The molecule has 0 saturated heterocycles. The lowest BCUT2D eigenvalue weighted by atomic mass is 9.81. The van der Waals surface area contributed by atoms with Crippen LogP contribution in [0.3, 0.4) is 0 Å². The average Bonchev–Trinajstić information content (AvgIpc) is 2.94. The first-order valence-corrected chi connectivity index (χ1v) is 8.54. The molecule has 1 N–H and O–H groups in total. The van der Waals surface area contributed by atoms with Crippen molar-refractivity contribution in [1.82, 2.24) is 19.9 Å². The van der Waals surface area contributed by atoms with Crippen LogP contribution in [0, 0.1) is 6.92 Å². The zero-order valence-corrected chi connectivity index (χ0v) is 13.5. The second kappa shape index (κ2) is 6.62. The molecule has 2 heterocycles. The van der Waals surface area contributed by atoms with Crippen LogP contribution < -0.4 is 5.32 Å². The lowest BCUT2D eigenvalue weighted by Gasteiger charge is -2.31. The van der Waals surface area contributed by atoms with E-state index < -0.39 is 0 Å². The van der Waals surface area contributed by atoms with E-state index in [2.05, 4.69) is 40.9 Å². The normalized spacial score (nSPS) is 19.2. The molecule has 1 aliphatic rings. The van der Waals surface area contributed by atoms with Crippen molar-refractivity contribution in [3.8, 4) is 0 Å². The number of fused-ring (bicyclic) bond motifs is 1. The molecule has 0 fully saturated rings. The van der Waals surface area contributed by atoms with E-state index in [0.29, 0.717) is 12.0 Å². The van der Waals surface area contributed by atoms with Gasteiger partial charge in [-0.15, -0.1) is 5.10 Å². The van der Waals surface area contributed by atoms with Crippen molar-refractivity contribution in [2.45, 2.75) is 51.5 Å². The van der Waals surface area contributed by atoms with Gasteiger partial charge in [0.2, 0.25) is 0 Å². The van der Waals surface area contributed by atoms with E-state index in [1.165, 1.54) is 40.5 Å². The van der Waals surface area contributed by atoms with Crippen LogP contribution in [0.1, 0.15) is 60.0 Å². The highest BCUT2D eigenvalue weighted by Gasteiger charge is 2.32. The molecule has 0 spiro atoms.